The third-order valence-electron chi connectivity index (χ3n) is 3.53. The number of amides is 1. The largest absolute Gasteiger partial charge is 0.318 e. The number of aromatic amines is 1. The van der Waals surface area contributed by atoms with E-state index in [1.807, 2.05) is 0 Å². The van der Waals surface area contributed by atoms with Gasteiger partial charge in [-0.1, -0.05) is 0 Å². The number of nitrogens with zero attached hydrogens (tertiary/aromatic N) is 4. The standard InChI is InChI=1S/C16H11FN6O/c17-12-2-1-5-23-14(12)9-19-15(23)16(24)21-11-6-10(7-18-8-11)13-3-4-20-22-13/h1-9H,(H,20,22)(H,21,24). The normalized spacial score (nSPS) is 10.9. The Bertz CT molecular complexity index is 1020. The summed E-state index contributed by atoms with van der Waals surface area (Å²) in [6.45, 7) is 0. The van der Waals surface area contributed by atoms with Crippen LogP contribution in [0.2, 0.25) is 0 Å². The number of carbonyl (C=O) groups excluding carboxylic acids is 1. The van der Waals surface area contributed by atoms with E-state index in [1.165, 1.54) is 28.9 Å². The molecule has 7 nitrogen and oxygen atoms in total. The zero-order chi connectivity index (χ0) is 16.5. The Morgan fingerprint density at radius 2 is 2.17 bits per heavy atom. The van der Waals surface area contributed by atoms with Gasteiger partial charge < -0.3 is 5.32 Å². The van der Waals surface area contributed by atoms with E-state index in [2.05, 4.69) is 25.5 Å². The number of aromatic nitrogens is 5. The van der Waals surface area contributed by atoms with Gasteiger partial charge in [-0.15, -0.1) is 0 Å². The molecule has 0 atom stereocenters. The van der Waals surface area contributed by atoms with E-state index in [0.29, 0.717) is 5.69 Å². The molecular formula is C16H11FN6O. The average molecular weight is 322 g/mol. The van der Waals surface area contributed by atoms with E-state index in [-0.39, 0.29) is 11.3 Å². The van der Waals surface area contributed by atoms with Crippen LogP contribution in [-0.2, 0) is 0 Å². The number of anilines is 1. The van der Waals surface area contributed by atoms with E-state index >= 15 is 0 Å². The molecule has 0 aliphatic heterocycles. The lowest BCUT2D eigenvalue weighted by Crippen LogP contribution is -2.15. The van der Waals surface area contributed by atoms with Crippen molar-refractivity contribution in [2.24, 2.45) is 0 Å². The molecule has 0 spiro atoms. The van der Waals surface area contributed by atoms with Crippen molar-refractivity contribution in [2.45, 2.75) is 0 Å². The molecule has 4 heterocycles. The maximum Gasteiger partial charge on any atom is 0.292 e. The molecule has 4 aromatic rings. The smallest absolute Gasteiger partial charge is 0.292 e. The van der Waals surface area contributed by atoms with E-state index in [1.54, 1.807) is 30.7 Å². The summed E-state index contributed by atoms with van der Waals surface area (Å²) in [7, 11) is 0. The number of imidazole rings is 1. The van der Waals surface area contributed by atoms with Gasteiger partial charge in [-0.05, 0) is 24.3 Å². The monoisotopic (exact) mass is 322 g/mol. The highest BCUT2D eigenvalue weighted by Gasteiger charge is 2.15. The van der Waals surface area contributed by atoms with Crippen molar-refractivity contribution in [3.05, 3.63) is 66.9 Å². The summed E-state index contributed by atoms with van der Waals surface area (Å²) < 4.78 is 15.1. The van der Waals surface area contributed by atoms with Gasteiger partial charge in [0.05, 0.1) is 23.8 Å². The van der Waals surface area contributed by atoms with E-state index < -0.39 is 11.7 Å². The van der Waals surface area contributed by atoms with E-state index in [9.17, 15) is 9.18 Å². The SMILES string of the molecule is O=C(Nc1cncc(-c2ccn[nH]2)c1)c1ncc2c(F)cccn12. The molecule has 1 amide bonds. The number of rotatable bonds is 3. The predicted octanol–water partition coefficient (Wildman–Crippen LogP) is 2.51. The summed E-state index contributed by atoms with van der Waals surface area (Å²) in [5, 5.41) is 9.43. The number of fused-ring (bicyclic) bond motifs is 1. The molecule has 0 fully saturated rings. The molecule has 0 radical (unpaired) electrons. The number of hydrogen-bond acceptors (Lipinski definition) is 4. The van der Waals surface area contributed by atoms with E-state index in [0.717, 1.165) is 11.3 Å². The lowest BCUT2D eigenvalue weighted by molar-refractivity contribution is 0.101. The molecule has 0 aliphatic carbocycles. The molecule has 2 N–H and O–H groups in total. The van der Waals surface area contributed by atoms with Gasteiger partial charge in [0.25, 0.3) is 5.91 Å². The fourth-order valence-electron chi connectivity index (χ4n) is 2.41. The Hall–Kier alpha value is -3.55. The van der Waals surface area contributed by atoms with Crippen LogP contribution in [0, 0.1) is 5.82 Å². The zero-order valence-corrected chi connectivity index (χ0v) is 12.3. The molecular weight excluding hydrogens is 311 g/mol. The Labute approximate surface area is 135 Å². The van der Waals surface area contributed by atoms with Crippen molar-refractivity contribution in [2.75, 3.05) is 5.32 Å². The minimum Gasteiger partial charge on any atom is -0.318 e. The van der Waals surface area contributed by atoms with Crippen molar-refractivity contribution in [3.8, 4) is 11.3 Å². The van der Waals surface area contributed by atoms with Gasteiger partial charge in [0.1, 0.15) is 11.3 Å². The van der Waals surface area contributed by atoms with Crippen LogP contribution in [0.3, 0.4) is 0 Å². The third kappa shape index (κ3) is 2.39. The molecule has 0 saturated carbocycles. The summed E-state index contributed by atoms with van der Waals surface area (Å²) >= 11 is 0. The highest BCUT2D eigenvalue weighted by molar-refractivity contribution is 6.02. The van der Waals surface area contributed by atoms with E-state index in [4.69, 9.17) is 0 Å². The van der Waals surface area contributed by atoms with Crippen LogP contribution in [0.4, 0.5) is 10.1 Å². The quantitative estimate of drug-likeness (QED) is 0.606. The lowest BCUT2D eigenvalue weighted by atomic mass is 10.2. The first-order chi connectivity index (χ1) is 11.7. The van der Waals surface area contributed by atoms with Gasteiger partial charge in [-0.2, -0.15) is 5.10 Å². The van der Waals surface area contributed by atoms with Gasteiger partial charge in [0, 0.05) is 24.2 Å². The number of hydrogen-bond donors (Lipinski definition) is 2. The maximum absolute atomic E-state index is 13.7. The third-order valence-corrected chi connectivity index (χ3v) is 3.53. The molecule has 4 rings (SSSR count). The van der Waals surface area contributed by atoms with Crippen molar-refractivity contribution in [3.63, 3.8) is 0 Å². The molecule has 0 aliphatic rings. The van der Waals surface area contributed by atoms with Gasteiger partial charge in [-0.25, -0.2) is 9.37 Å². The first kappa shape index (κ1) is 14.1. The van der Waals surface area contributed by atoms with Gasteiger partial charge >= 0.3 is 0 Å². The van der Waals surface area contributed by atoms with Crippen molar-refractivity contribution >= 4 is 17.1 Å². The predicted molar refractivity (Wildman–Crippen MR) is 84.9 cm³/mol. The van der Waals surface area contributed by atoms with Gasteiger partial charge in [0.15, 0.2) is 0 Å². The zero-order valence-electron chi connectivity index (χ0n) is 12.3. The summed E-state index contributed by atoms with van der Waals surface area (Å²) in [6, 6.07) is 6.39. The highest BCUT2D eigenvalue weighted by atomic mass is 19.1. The van der Waals surface area contributed by atoms with Crippen LogP contribution >= 0.6 is 0 Å². The second-order valence-electron chi connectivity index (χ2n) is 5.08. The Kier molecular flexibility index (Phi) is 3.27. The Morgan fingerprint density at radius 1 is 1.25 bits per heavy atom. The Morgan fingerprint density at radius 3 is 3.00 bits per heavy atom. The minimum absolute atomic E-state index is 0.0939. The number of nitrogens with one attached hydrogen (secondary N) is 2. The number of pyridine rings is 2. The van der Waals surface area contributed by atoms with Crippen LogP contribution < -0.4 is 5.32 Å². The summed E-state index contributed by atoms with van der Waals surface area (Å²) in [5.74, 6) is -0.799. The summed E-state index contributed by atoms with van der Waals surface area (Å²) in [5.41, 5.74) is 2.31. The van der Waals surface area contributed by atoms with Crippen molar-refractivity contribution in [1.82, 2.24) is 24.6 Å². The van der Waals surface area contributed by atoms with Crippen LogP contribution in [0.1, 0.15) is 10.6 Å². The maximum atomic E-state index is 13.7. The summed E-state index contributed by atoms with van der Waals surface area (Å²) in [4.78, 5) is 20.5. The van der Waals surface area contributed by atoms with Crippen LogP contribution in [-0.4, -0.2) is 30.5 Å². The topological polar surface area (TPSA) is 88.0 Å². The van der Waals surface area contributed by atoms with Crippen LogP contribution in [0.15, 0.2) is 55.2 Å². The van der Waals surface area contributed by atoms with Crippen molar-refractivity contribution < 1.29 is 9.18 Å². The highest BCUT2D eigenvalue weighted by Crippen LogP contribution is 2.19. The number of H-pyrrole nitrogens is 1. The number of halogens is 1. The first-order valence-electron chi connectivity index (χ1n) is 7.10. The molecule has 0 aromatic carbocycles. The average Bonchev–Trinajstić information content (AvgIpc) is 3.25. The van der Waals surface area contributed by atoms with Gasteiger partial charge in [-0.3, -0.25) is 19.3 Å². The Balaban J connectivity index is 1.64. The fourth-order valence-corrected chi connectivity index (χ4v) is 2.41. The lowest BCUT2D eigenvalue weighted by Gasteiger charge is -2.06. The molecule has 0 bridgehead atoms. The molecule has 4 aromatic heterocycles. The van der Waals surface area contributed by atoms with Crippen LogP contribution in [0.5, 0.6) is 0 Å². The molecule has 8 heteroatoms. The number of carbonyl (C=O) groups is 1. The summed E-state index contributed by atoms with van der Waals surface area (Å²) in [6.07, 6.45) is 7.71. The van der Waals surface area contributed by atoms with Crippen LogP contribution in [0.25, 0.3) is 16.8 Å². The molecule has 24 heavy (non-hydrogen) atoms. The second kappa shape index (κ2) is 5.58. The minimum atomic E-state index is -0.454. The molecule has 118 valence electrons. The first-order valence-corrected chi connectivity index (χ1v) is 7.10. The van der Waals surface area contributed by atoms with Crippen molar-refractivity contribution in [1.29, 1.82) is 0 Å². The molecule has 0 saturated heterocycles. The fraction of sp³-hybridized carbons (Fsp3) is 0. The van der Waals surface area contributed by atoms with Gasteiger partial charge in [0.2, 0.25) is 5.82 Å². The second-order valence-corrected chi connectivity index (χ2v) is 5.08. The molecule has 0 unspecified atom stereocenters.